The maximum Gasteiger partial charge on any atom is 0.0794 e. The Bertz CT molecular complexity index is 2890. The summed E-state index contributed by atoms with van der Waals surface area (Å²) in [5, 5.41) is 7.13. The number of fused-ring (bicyclic) bond motifs is 9. The monoisotopic (exact) mass is 687 g/mol. The molecule has 1 unspecified atom stereocenters. The highest BCUT2D eigenvalue weighted by molar-refractivity contribution is 6.21. The molecule has 0 saturated carbocycles. The van der Waals surface area contributed by atoms with E-state index in [4.69, 9.17) is 4.98 Å². The van der Waals surface area contributed by atoms with Gasteiger partial charge in [0.1, 0.15) is 0 Å². The smallest absolute Gasteiger partial charge is 0.0794 e. The molecule has 0 N–H and O–H groups in total. The Labute approximate surface area is 315 Å². The topological polar surface area (TPSA) is 12.9 Å². The fraction of sp³-hybridized carbons (Fsp3) is 0.0755. The number of benzene rings is 8. The van der Waals surface area contributed by atoms with Crippen molar-refractivity contribution in [2.45, 2.75) is 18.8 Å². The molecule has 11 rings (SSSR count). The SMILES string of the molecule is CC1C=CC=C(C2(c3cccc(-c4ccc(-c5c6ccc7ccccc7c6nc6c5ccc5ccccc56)cc4)c3)c3ccccc3-c3ccccc32)C1. The van der Waals surface area contributed by atoms with Gasteiger partial charge in [0.05, 0.1) is 16.4 Å². The van der Waals surface area contributed by atoms with E-state index in [0.717, 1.165) is 17.5 Å². The second-order valence-corrected chi connectivity index (χ2v) is 15.1. The number of hydrogen-bond acceptors (Lipinski definition) is 1. The molecule has 1 heterocycles. The largest absolute Gasteiger partial charge is 0.246 e. The molecule has 1 atom stereocenters. The van der Waals surface area contributed by atoms with Crippen LogP contribution in [0.15, 0.2) is 194 Å². The average molecular weight is 688 g/mol. The summed E-state index contributed by atoms with van der Waals surface area (Å²) in [7, 11) is 0. The summed E-state index contributed by atoms with van der Waals surface area (Å²) in [6.07, 6.45) is 8.02. The lowest BCUT2D eigenvalue weighted by Gasteiger charge is -2.38. The molecule has 2 aliphatic carbocycles. The van der Waals surface area contributed by atoms with Crippen molar-refractivity contribution in [1.82, 2.24) is 4.98 Å². The Balaban J connectivity index is 1.10. The van der Waals surface area contributed by atoms with Crippen LogP contribution in [0, 0.1) is 5.92 Å². The highest BCUT2D eigenvalue weighted by Crippen LogP contribution is 2.58. The van der Waals surface area contributed by atoms with Crippen molar-refractivity contribution in [3.05, 3.63) is 210 Å². The summed E-state index contributed by atoms with van der Waals surface area (Å²) in [5.74, 6) is 0.480. The van der Waals surface area contributed by atoms with Crippen molar-refractivity contribution < 1.29 is 0 Å². The molecule has 1 aromatic heterocycles. The van der Waals surface area contributed by atoms with Crippen LogP contribution in [-0.2, 0) is 5.41 Å². The lowest BCUT2D eigenvalue weighted by molar-refractivity contribution is 0.615. The second kappa shape index (κ2) is 12.0. The molecular weight excluding hydrogens is 651 g/mol. The van der Waals surface area contributed by atoms with Crippen LogP contribution >= 0.6 is 0 Å². The molecule has 0 bridgehead atoms. The van der Waals surface area contributed by atoms with E-state index in [1.165, 1.54) is 88.0 Å². The first kappa shape index (κ1) is 31.0. The Morgan fingerprint density at radius 1 is 0.500 bits per heavy atom. The summed E-state index contributed by atoms with van der Waals surface area (Å²) < 4.78 is 0. The summed E-state index contributed by atoms with van der Waals surface area (Å²) in [6, 6.07) is 62.9. The van der Waals surface area contributed by atoms with Gasteiger partial charge in [-0.05, 0) is 73.7 Å². The van der Waals surface area contributed by atoms with Crippen molar-refractivity contribution in [2.75, 3.05) is 0 Å². The van der Waals surface area contributed by atoms with Crippen LogP contribution in [-0.4, -0.2) is 4.98 Å². The standard InChI is InChI=1S/C53H37N/c1-34-12-10-16-40(32-34)53(48-22-8-6-20-44(48)45-21-7-9-23-49(45)53)41-17-11-15-39(33-41)35-24-26-38(27-25-35)50-46-30-28-36-13-2-4-18-42(36)51(46)54-52-43-19-5-3-14-37(43)29-31-47(50)52/h2-31,33-34H,32H2,1H3. The number of aromatic nitrogens is 1. The summed E-state index contributed by atoms with van der Waals surface area (Å²) in [5.41, 5.74) is 14.8. The molecule has 0 radical (unpaired) electrons. The summed E-state index contributed by atoms with van der Waals surface area (Å²) >= 11 is 0. The molecule has 1 heteroatoms. The van der Waals surface area contributed by atoms with Gasteiger partial charge >= 0.3 is 0 Å². The molecule has 8 aromatic carbocycles. The van der Waals surface area contributed by atoms with E-state index in [1.807, 2.05) is 0 Å². The van der Waals surface area contributed by atoms with Crippen LogP contribution in [0.4, 0.5) is 0 Å². The lowest BCUT2D eigenvalue weighted by Crippen LogP contribution is -2.31. The molecule has 0 fully saturated rings. The van der Waals surface area contributed by atoms with Gasteiger partial charge in [-0.3, -0.25) is 0 Å². The Morgan fingerprint density at radius 2 is 1.07 bits per heavy atom. The van der Waals surface area contributed by atoms with E-state index in [1.54, 1.807) is 0 Å². The maximum absolute atomic E-state index is 5.41. The zero-order chi connectivity index (χ0) is 35.8. The minimum absolute atomic E-state index is 0.359. The van der Waals surface area contributed by atoms with Crippen molar-refractivity contribution in [3.63, 3.8) is 0 Å². The normalized spacial score (nSPS) is 15.8. The first-order valence-corrected chi connectivity index (χ1v) is 19.1. The molecule has 2 aliphatic rings. The molecule has 54 heavy (non-hydrogen) atoms. The first-order chi connectivity index (χ1) is 26.7. The van der Waals surface area contributed by atoms with E-state index in [2.05, 4.69) is 195 Å². The highest BCUT2D eigenvalue weighted by Gasteiger charge is 2.47. The van der Waals surface area contributed by atoms with Crippen LogP contribution in [0.25, 0.3) is 76.7 Å². The van der Waals surface area contributed by atoms with E-state index in [0.29, 0.717) is 5.92 Å². The van der Waals surface area contributed by atoms with Crippen molar-refractivity contribution >= 4 is 43.4 Å². The zero-order valence-electron chi connectivity index (χ0n) is 30.1. The zero-order valence-corrected chi connectivity index (χ0v) is 30.1. The molecule has 0 spiro atoms. The number of nitrogens with zero attached hydrogens (tertiary/aromatic N) is 1. The maximum atomic E-state index is 5.41. The Hall–Kier alpha value is -6.57. The predicted octanol–water partition coefficient (Wildman–Crippen LogP) is 13.9. The van der Waals surface area contributed by atoms with Gasteiger partial charge in [0.15, 0.2) is 0 Å². The molecule has 9 aromatic rings. The molecule has 0 aliphatic heterocycles. The van der Waals surface area contributed by atoms with Gasteiger partial charge < -0.3 is 0 Å². The molecular formula is C53H37N. The molecule has 0 saturated heterocycles. The van der Waals surface area contributed by atoms with Gasteiger partial charge in [0, 0.05) is 27.1 Å². The molecule has 1 nitrogen and oxygen atoms in total. The molecule has 254 valence electrons. The van der Waals surface area contributed by atoms with Crippen LogP contribution in [0.5, 0.6) is 0 Å². The van der Waals surface area contributed by atoms with Crippen molar-refractivity contribution in [3.8, 4) is 33.4 Å². The minimum Gasteiger partial charge on any atom is -0.246 e. The molecule has 0 amide bonds. The van der Waals surface area contributed by atoms with E-state index < -0.39 is 0 Å². The third-order valence-corrected chi connectivity index (χ3v) is 12.1. The second-order valence-electron chi connectivity index (χ2n) is 15.1. The van der Waals surface area contributed by atoms with Gasteiger partial charge in [-0.2, -0.15) is 0 Å². The highest BCUT2D eigenvalue weighted by atomic mass is 14.7. The fourth-order valence-corrected chi connectivity index (χ4v) is 9.68. The average Bonchev–Trinajstić information content (AvgIpc) is 3.54. The van der Waals surface area contributed by atoms with Gasteiger partial charge in [-0.25, -0.2) is 4.98 Å². The van der Waals surface area contributed by atoms with E-state index in [-0.39, 0.29) is 5.41 Å². The van der Waals surface area contributed by atoms with Gasteiger partial charge in [-0.1, -0.05) is 195 Å². The number of allylic oxidation sites excluding steroid dienone is 4. The lowest BCUT2D eigenvalue weighted by atomic mass is 9.64. The van der Waals surface area contributed by atoms with Gasteiger partial charge in [0.2, 0.25) is 0 Å². The van der Waals surface area contributed by atoms with E-state index in [9.17, 15) is 0 Å². The van der Waals surface area contributed by atoms with E-state index >= 15 is 0 Å². The van der Waals surface area contributed by atoms with Crippen molar-refractivity contribution in [2.24, 2.45) is 5.92 Å². The third-order valence-electron chi connectivity index (χ3n) is 12.1. The van der Waals surface area contributed by atoms with Crippen LogP contribution in [0.3, 0.4) is 0 Å². The van der Waals surface area contributed by atoms with Gasteiger partial charge in [0.25, 0.3) is 0 Å². The minimum atomic E-state index is -0.359. The predicted molar refractivity (Wildman–Crippen MR) is 228 cm³/mol. The quantitative estimate of drug-likeness (QED) is 0.133. The van der Waals surface area contributed by atoms with Gasteiger partial charge in [-0.15, -0.1) is 0 Å². The Kier molecular flexibility index (Phi) is 6.88. The number of rotatable bonds is 4. The summed E-state index contributed by atoms with van der Waals surface area (Å²) in [6.45, 7) is 2.34. The van der Waals surface area contributed by atoms with Crippen LogP contribution in [0.2, 0.25) is 0 Å². The van der Waals surface area contributed by atoms with Crippen molar-refractivity contribution in [1.29, 1.82) is 0 Å². The number of pyridine rings is 1. The number of hydrogen-bond donors (Lipinski definition) is 0. The first-order valence-electron chi connectivity index (χ1n) is 19.1. The fourth-order valence-electron chi connectivity index (χ4n) is 9.68. The third kappa shape index (κ3) is 4.48. The summed E-state index contributed by atoms with van der Waals surface area (Å²) in [4.78, 5) is 5.41. The Morgan fingerprint density at radius 3 is 1.70 bits per heavy atom. The van der Waals surface area contributed by atoms with Crippen LogP contribution in [0.1, 0.15) is 30.0 Å². The van der Waals surface area contributed by atoms with Crippen LogP contribution < -0.4 is 0 Å².